The van der Waals surface area contributed by atoms with Crippen LogP contribution in [0.4, 0.5) is 0 Å². The van der Waals surface area contributed by atoms with Crippen LogP contribution in [0.3, 0.4) is 0 Å². The predicted octanol–water partition coefficient (Wildman–Crippen LogP) is 7.96. The van der Waals surface area contributed by atoms with Gasteiger partial charge in [0.2, 0.25) is 0 Å². The summed E-state index contributed by atoms with van der Waals surface area (Å²) in [6.07, 6.45) is 1.33. The fourth-order valence-electron chi connectivity index (χ4n) is 8.73. The number of ether oxygens (including phenoxy) is 2. The maximum Gasteiger partial charge on any atom is 0.396 e. The summed E-state index contributed by atoms with van der Waals surface area (Å²) in [4.78, 5) is 46.3. The van der Waals surface area contributed by atoms with Crippen molar-refractivity contribution >= 4 is 126 Å². The van der Waals surface area contributed by atoms with E-state index in [-0.39, 0.29) is 0 Å². The summed E-state index contributed by atoms with van der Waals surface area (Å²) in [6, 6.07) is 1.54. The monoisotopic (exact) mass is 1160 g/mol. The number of hydrogen-bond donors (Lipinski definition) is 2. The molecule has 0 bridgehead atoms. The Balaban J connectivity index is 5.50. The van der Waals surface area contributed by atoms with Gasteiger partial charge in [0.25, 0.3) is 0 Å². The minimum absolute atomic E-state index is 0.353. The van der Waals surface area contributed by atoms with Crippen LogP contribution < -0.4 is 10.6 Å². The standard InChI is InChI=1S/C36H92N2O17Si12/c1-43-35(41)33(39)37-29-27-31-56(3,4)45-58(7,8)47-60(11,12)49-62(15,16)51-64(19,20)53-66(23,24)55-67(25,26)54-65(21,22)52-63(17,18)50-61(13,14)48-59(9,10)46-57(5,6)32-28-30-38-34(40)36(42)44-2/h27-32H2,1-26H3,(H,37,39)(H,38,40). The lowest BCUT2D eigenvalue weighted by Gasteiger charge is -2.45. The molecule has 0 aromatic rings. The number of carbonyl (C=O) groups is 4. The van der Waals surface area contributed by atoms with Gasteiger partial charge >= 0.3 is 109 Å². The first-order valence-electron chi connectivity index (χ1n) is 22.9. The summed E-state index contributed by atoms with van der Waals surface area (Å²) in [5, 5.41) is 5.18. The van der Waals surface area contributed by atoms with Gasteiger partial charge in [0, 0.05) is 13.1 Å². The van der Waals surface area contributed by atoms with E-state index in [1.807, 2.05) is 131 Å². The van der Waals surface area contributed by atoms with Crippen LogP contribution in [0.15, 0.2) is 0 Å². The van der Waals surface area contributed by atoms with E-state index in [9.17, 15) is 19.2 Å². The topological polar surface area (TPSA) is 212 Å². The van der Waals surface area contributed by atoms with Crippen molar-refractivity contribution in [1.29, 1.82) is 0 Å². The van der Waals surface area contributed by atoms with Crippen LogP contribution in [0.2, 0.25) is 169 Å². The molecule has 0 aromatic carbocycles. The van der Waals surface area contributed by atoms with Gasteiger partial charge in [0.05, 0.1) is 14.2 Å². The largest absolute Gasteiger partial charge is 0.462 e. The minimum atomic E-state index is -2.83. The molecule has 0 aliphatic rings. The Bertz CT molecular complexity index is 1530. The summed E-state index contributed by atoms with van der Waals surface area (Å²) < 4.78 is 83.6. The van der Waals surface area contributed by atoms with E-state index in [0.29, 0.717) is 25.9 Å². The molecule has 0 aromatic heterocycles. The molecule has 396 valence electrons. The first kappa shape index (κ1) is 67.0. The summed E-state index contributed by atoms with van der Waals surface area (Å²) in [6.45, 7) is 49.7. The van der Waals surface area contributed by atoms with Crippen molar-refractivity contribution in [2.45, 2.75) is 182 Å². The molecule has 67 heavy (non-hydrogen) atoms. The number of hydrogen-bond acceptors (Lipinski definition) is 17. The van der Waals surface area contributed by atoms with Crippen molar-refractivity contribution in [2.75, 3.05) is 27.3 Å². The van der Waals surface area contributed by atoms with Crippen molar-refractivity contribution in [3.05, 3.63) is 0 Å². The highest BCUT2D eigenvalue weighted by molar-refractivity contribution is 6.94. The molecule has 0 radical (unpaired) electrons. The van der Waals surface area contributed by atoms with E-state index in [2.05, 4.69) is 46.3 Å². The van der Waals surface area contributed by atoms with E-state index in [4.69, 9.17) is 45.3 Å². The van der Waals surface area contributed by atoms with Crippen molar-refractivity contribution < 1.29 is 73.9 Å². The smallest absolute Gasteiger partial charge is 0.396 e. The van der Waals surface area contributed by atoms with Crippen molar-refractivity contribution in [2.24, 2.45) is 0 Å². The number of methoxy groups -OCH3 is 2. The Morgan fingerprint density at radius 1 is 0.299 bits per heavy atom. The Morgan fingerprint density at radius 3 is 0.627 bits per heavy atom. The third-order valence-electron chi connectivity index (χ3n) is 8.69. The number of nitrogens with one attached hydrogen (secondary N) is 2. The normalized spacial score (nSPS) is 14.5. The van der Waals surface area contributed by atoms with Crippen molar-refractivity contribution in [3.63, 3.8) is 0 Å². The highest BCUT2D eigenvalue weighted by atomic mass is 28.5. The predicted molar refractivity (Wildman–Crippen MR) is 291 cm³/mol. The lowest BCUT2D eigenvalue weighted by Crippen LogP contribution is -2.62. The molecule has 0 rings (SSSR count). The molecule has 0 saturated carbocycles. The summed E-state index contributed by atoms with van der Waals surface area (Å²) >= 11 is 0. The molecule has 2 N–H and O–H groups in total. The maximum atomic E-state index is 11.7. The van der Waals surface area contributed by atoms with Gasteiger partial charge in [0.15, 0.2) is 16.6 Å². The third kappa shape index (κ3) is 30.6. The van der Waals surface area contributed by atoms with Crippen LogP contribution in [0.5, 0.6) is 0 Å². The Labute approximate surface area is 417 Å². The quantitative estimate of drug-likeness (QED) is 0.0302. The molecule has 0 aliphatic heterocycles. The highest BCUT2D eigenvalue weighted by Gasteiger charge is 2.51. The van der Waals surface area contributed by atoms with Gasteiger partial charge in [-0.05, 0) is 182 Å². The maximum absolute atomic E-state index is 11.7. The first-order valence-corrected chi connectivity index (χ1v) is 57.3. The molecule has 0 spiro atoms. The second-order valence-electron chi connectivity index (χ2n) is 22.3. The molecule has 0 atom stereocenters. The lowest BCUT2D eigenvalue weighted by molar-refractivity contribution is -0.152. The second kappa shape index (κ2) is 25.3. The summed E-state index contributed by atoms with van der Waals surface area (Å²) in [5.41, 5.74) is 0. The zero-order valence-electron chi connectivity index (χ0n) is 46.2. The average Bonchev–Trinajstić information content (AvgIpc) is 3.00. The molecular formula is C36H92N2O17Si12. The number of rotatable bonds is 30. The van der Waals surface area contributed by atoms with Crippen LogP contribution in [0, 0.1) is 0 Å². The fraction of sp³-hybridized carbons (Fsp3) is 0.889. The van der Waals surface area contributed by atoms with Crippen LogP contribution in [-0.4, -0.2) is 153 Å². The fourth-order valence-corrected chi connectivity index (χ4v) is 70.3. The molecule has 0 saturated heterocycles. The second-order valence-corrected chi connectivity index (χ2v) is 67.4. The molecule has 0 heterocycles. The molecule has 0 unspecified atom stereocenters. The van der Waals surface area contributed by atoms with Crippen molar-refractivity contribution in [3.8, 4) is 0 Å². The SMILES string of the molecule is COC(=O)C(=O)NCCC[Si](C)(C)O[Si](C)(C)O[Si](C)(C)O[Si](C)(C)O[Si](C)(C)O[Si](C)(C)O[Si](C)(C)O[Si](C)(C)O[Si](C)(C)O[Si](C)(C)O[Si](C)(C)O[Si](C)(C)CCCNC(=O)C(=O)OC. The third-order valence-corrected chi connectivity index (χ3v) is 55.6. The average molecular weight is 1160 g/mol. The van der Waals surface area contributed by atoms with E-state index in [0.717, 1.165) is 12.1 Å². The Kier molecular flexibility index (Phi) is 25.3. The van der Waals surface area contributed by atoms with E-state index >= 15 is 0 Å². The van der Waals surface area contributed by atoms with Crippen LogP contribution in [0.1, 0.15) is 12.8 Å². The molecule has 19 nitrogen and oxygen atoms in total. The van der Waals surface area contributed by atoms with E-state index in [1.165, 1.54) is 14.2 Å². The minimum Gasteiger partial charge on any atom is -0.462 e. The molecule has 0 fully saturated rings. The molecule has 0 aliphatic carbocycles. The van der Waals surface area contributed by atoms with Crippen molar-refractivity contribution in [1.82, 2.24) is 10.6 Å². The van der Waals surface area contributed by atoms with E-state index in [1.54, 1.807) is 0 Å². The Hall–Kier alpha value is 0.0426. The van der Waals surface area contributed by atoms with Gasteiger partial charge < -0.3 is 65.4 Å². The molecule has 31 heteroatoms. The molecular weight excluding hydrogens is 1070 g/mol. The van der Waals surface area contributed by atoms with E-state index < -0.39 is 126 Å². The summed E-state index contributed by atoms with van der Waals surface area (Å²) in [7, 11) is -29.8. The van der Waals surface area contributed by atoms with Gasteiger partial charge in [-0.25, -0.2) is 9.59 Å². The van der Waals surface area contributed by atoms with Crippen LogP contribution in [-0.2, 0) is 73.9 Å². The molecule has 2 amide bonds. The van der Waals surface area contributed by atoms with Gasteiger partial charge in [0.1, 0.15) is 0 Å². The lowest BCUT2D eigenvalue weighted by atomic mass is 10.4. The zero-order chi connectivity index (χ0) is 53.2. The van der Waals surface area contributed by atoms with Crippen LogP contribution in [0.25, 0.3) is 0 Å². The number of carbonyl (C=O) groups excluding carboxylic acids is 4. The van der Waals surface area contributed by atoms with Gasteiger partial charge in [-0.2, -0.15) is 0 Å². The first-order chi connectivity index (χ1) is 29.5. The summed E-state index contributed by atoms with van der Waals surface area (Å²) in [5.74, 6) is -3.32. The van der Waals surface area contributed by atoms with Gasteiger partial charge in [-0.15, -0.1) is 0 Å². The zero-order valence-corrected chi connectivity index (χ0v) is 58.2. The number of amides is 2. The van der Waals surface area contributed by atoms with Crippen LogP contribution >= 0.6 is 0 Å². The number of esters is 2. The van der Waals surface area contributed by atoms with Gasteiger partial charge in [-0.1, -0.05) is 0 Å². The van der Waals surface area contributed by atoms with Gasteiger partial charge in [-0.3, -0.25) is 9.59 Å². The highest BCUT2D eigenvalue weighted by Crippen LogP contribution is 2.32. The Morgan fingerprint density at radius 2 is 0.463 bits per heavy atom.